The van der Waals surface area contributed by atoms with Crippen LogP contribution < -0.4 is 10.1 Å². The van der Waals surface area contributed by atoms with Crippen molar-refractivity contribution < 1.29 is 14.3 Å². The Morgan fingerprint density at radius 1 is 1.36 bits per heavy atom. The smallest absolute Gasteiger partial charge is 0.262 e. The SMILES string of the molecule is O=C(COc1ccc(Cl)cc1Cl)Nc1cnn(CC2CCOCC2)c1. The number of rotatable bonds is 6. The van der Waals surface area contributed by atoms with Gasteiger partial charge in [-0.15, -0.1) is 0 Å². The molecule has 1 aromatic carbocycles. The monoisotopic (exact) mass is 383 g/mol. The quantitative estimate of drug-likeness (QED) is 0.826. The van der Waals surface area contributed by atoms with Crippen LogP contribution in [0.25, 0.3) is 0 Å². The van der Waals surface area contributed by atoms with E-state index < -0.39 is 0 Å². The Bertz CT molecular complexity index is 730. The van der Waals surface area contributed by atoms with Crippen LogP contribution in [0.1, 0.15) is 12.8 Å². The molecule has 0 atom stereocenters. The molecule has 1 aliphatic rings. The summed E-state index contributed by atoms with van der Waals surface area (Å²) >= 11 is 11.8. The van der Waals surface area contributed by atoms with E-state index in [0.717, 1.165) is 32.6 Å². The van der Waals surface area contributed by atoms with Crippen molar-refractivity contribution in [1.82, 2.24) is 9.78 Å². The first-order valence-corrected chi connectivity index (χ1v) is 8.83. The minimum atomic E-state index is -0.281. The number of carbonyl (C=O) groups is 1. The van der Waals surface area contributed by atoms with Gasteiger partial charge in [0.1, 0.15) is 5.75 Å². The molecule has 25 heavy (non-hydrogen) atoms. The highest BCUT2D eigenvalue weighted by Gasteiger charge is 2.15. The normalized spacial score (nSPS) is 15.1. The Hall–Kier alpha value is -1.76. The van der Waals surface area contributed by atoms with E-state index in [4.69, 9.17) is 32.7 Å². The van der Waals surface area contributed by atoms with Gasteiger partial charge in [-0.3, -0.25) is 9.48 Å². The van der Waals surface area contributed by atoms with Gasteiger partial charge >= 0.3 is 0 Å². The van der Waals surface area contributed by atoms with Crippen LogP contribution >= 0.6 is 23.2 Å². The van der Waals surface area contributed by atoms with Gasteiger partial charge in [0.25, 0.3) is 5.91 Å². The van der Waals surface area contributed by atoms with Gasteiger partial charge in [-0.25, -0.2) is 0 Å². The van der Waals surface area contributed by atoms with E-state index in [2.05, 4.69) is 10.4 Å². The number of nitrogens with zero attached hydrogens (tertiary/aromatic N) is 2. The van der Waals surface area contributed by atoms with E-state index >= 15 is 0 Å². The maximum absolute atomic E-state index is 12.0. The van der Waals surface area contributed by atoms with Crippen molar-refractivity contribution in [3.8, 4) is 5.75 Å². The van der Waals surface area contributed by atoms with Gasteiger partial charge in [0.05, 0.1) is 16.9 Å². The highest BCUT2D eigenvalue weighted by Crippen LogP contribution is 2.27. The second-order valence-electron chi connectivity index (χ2n) is 5.92. The Morgan fingerprint density at radius 3 is 2.92 bits per heavy atom. The van der Waals surface area contributed by atoms with Crippen molar-refractivity contribution in [2.24, 2.45) is 5.92 Å². The third-order valence-electron chi connectivity index (χ3n) is 3.96. The van der Waals surface area contributed by atoms with E-state index in [0.29, 0.717) is 27.4 Å². The van der Waals surface area contributed by atoms with Crippen LogP contribution in [0.2, 0.25) is 10.0 Å². The molecule has 0 saturated carbocycles. The van der Waals surface area contributed by atoms with Crippen LogP contribution in [0.15, 0.2) is 30.6 Å². The van der Waals surface area contributed by atoms with Crippen molar-refractivity contribution in [3.05, 3.63) is 40.6 Å². The first-order chi connectivity index (χ1) is 12.1. The summed E-state index contributed by atoms with van der Waals surface area (Å²) in [5.74, 6) is 0.695. The van der Waals surface area contributed by atoms with Crippen LogP contribution in [0.3, 0.4) is 0 Å². The molecule has 1 N–H and O–H groups in total. The summed E-state index contributed by atoms with van der Waals surface area (Å²) in [4.78, 5) is 12.0. The van der Waals surface area contributed by atoms with Gasteiger partial charge in [-0.05, 0) is 37.0 Å². The molecular weight excluding hydrogens is 365 g/mol. The Labute approximate surface area is 156 Å². The van der Waals surface area contributed by atoms with Gasteiger partial charge < -0.3 is 14.8 Å². The zero-order valence-electron chi connectivity index (χ0n) is 13.6. The maximum Gasteiger partial charge on any atom is 0.262 e. The summed E-state index contributed by atoms with van der Waals surface area (Å²) in [6.45, 7) is 2.29. The van der Waals surface area contributed by atoms with E-state index in [1.165, 1.54) is 0 Å². The van der Waals surface area contributed by atoms with Crippen LogP contribution in [-0.4, -0.2) is 35.5 Å². The van der Waals surface area contributed by atoms with E-state index in [1.807, 2.05) is 10.9 Å². The first kappa shape index (κ1) is 18.0. The lowest BCUT2D eigenvalue weighted by molar-refractivity contribution is -0.118. The highest BCUT2D eigenvalue weighted by molar-refractivity contribution is 6.35. The predicted octanol–water partition coefficient (Wildman–Crippen LogP) is 3.63. The number of benzene rings is 1. The summed E-state index contributed by atoms with van der Waals surface area (Å²) in [6.07, 6.45) is 5.53. The second-order valence-corrected chi connectivity index (χ2v) is 6.76. The van der Waals surface area contributed by atoms with Gasteiger partial charge in [-0.2, -0.15) is 5.10 Å². The summed E-state index contributed by atoms with van der Waals surface area (Å²) in [5, 5.41) is 7.93. The van der Waals surface area contributed by atoms with Crippen LogP contribution in [0, 0.1) is 5.92 Å². The van der Waals surface area contributed by atoms with Crippen LogP contribution in [0.5, 0.6) is 5.75 Å². The fourth-order valence-electron chi connectivity index (χ4n) is 2.65. The standard InChI is InChI=1S/C17H19Cl2N3O3/c18-13-1-2-16(15(19)7-13)25-11-17(23)21-14-8-20-22(10-14)9-12-3-5-24-6-4-12/h1-2,7-8,10,12H,3-6,9,11H2,(H,21,23). The summed E-state index contributed by atoms with van der Waals surface area (Å²) in [6, 6.07) is 4.85. The number of amides is 1. The van der Waals surface area contributed by atoms with Gasteiger partial charge in [0.15, 0.2) is 6.61 Å². The maximum atomic E-state index is 12.0. The Morgan fingerprint density at radius 2 is 2.16 bits per heavy atom. The fraction of sp³-hybridized carbons (Fsp3) is 0.412. The molecule has 8 heteroatoms. The van der Waals surface area contributed by atoms with Crippen molar-refractivity contribution >= 4 is 34.8 Å². The van der Waals surface area contributed by atoms with Gasteiger partial charge in [-0.1, -0.05) is 23.2 Å². The number of nitrogens with one attached hydrogen (secondary N) is 1. The highest BCUT2D eigenvalue weighted by atomic mass is 35.5. The molecule has 2 aromatic rings. The van der Waals surface area contributed by atoms with Gasteiger partial charge in [0, 0.05) is 31.0 Å². The number of anilines is 1. The molecule has 1 amide bonds. The molecule has 2 heterocycles. The third kappa shape index (κ3) is 5.36. The number of aromatic nitrogens is 2. The zero-order chi connectivity index (χ0) is 17.6. The van der Waals surface area contributed by atoms with E-state index in [1.54, 1.807) is 24.4 Å². The average Bonchev–Trinajstić information content (AvgIpc) is 3.02. The van der Waals surface area contributed by atoms with Gasteiger partial charge in [0.2, 0.25) is 0 Å². The summed E-state index contributed by atoms with van der Waals surface area (Å²) in [7, 11) is 0. The molecular formula is C17H19Cl2N3O3. The number of hydrogen-bond donors (Lipinski definition) is 1. The Balaban J connectivity index is 1.47. The molecule has 0 aliphatic carbocycles. The molecule has 1 aliphatic heterocycles. The van der Waals surface area contributed by atoms with E-state index in [9.17, 15) is 4.79 Å². The molecule has 0 unspecified atom stereocenters. The minimum absolute atomic E-state index is 0.146. The number of halogens is 2. The lowest BCUT2D eigenvalue weighted by Crippen LogP contribution is -2.21. The fourth-order valence-corrected chi connectivity index (χ4v) is 3.12. The largest absolute Gasteiger partial charge is 0.482 e. The molecule has 6 nitrogen and oxygen atoms in total. The van der Waals surface area contributed by atoms with Crippen LogP contribution in [-0.2, 0) is 16.1 Å². The minimum Gasteiger partial charge on any atom is -0.482 e. The predicted molar refractivity (Wildman–Crippen MR) is 96.4 cm³/mol. The molecule has 0 radical (unpaired) electrons. The van der Waals surface area contributed by atoms with Crippen molar-refractivity contribution in [2.45, 2.75) is 19.4 Å². The van der Waals surface area contributed by atoms with E-state index in [-0.39, 0.29) is 12.5 Å². The van der Waals surface area contributed by atoms with Crippen molar-refractivity contribution in [3.63, 3.8) is 0 Å². The second kappa shape index (κ2) is 8.56. The lowest BCUT2D eigenvalue weighted by atomic mass is 10.0. The topological polar surface area (TPSA) is 65.4 Å². The molecule has 1 aromatic heterocycles. The Kier molecular flexibility index (Phi) is 6.18. The molecule has 0 bridgehead atoms. The molecule has 0 spiro atoms. The van der Waals surface area contributed by atoms with Crippen LogP contribution in [0.4, 0.5) is 5.69 Å². The number of hydrogen-bond acceptors (Lipinski definition) is 4. The zero-order valence-corrected chi connectivity index (χ0v) is 15.1. The third-order valence-corrected chi connectivity index (χ3v) is 4.49. The molecule has 1 fully saturated rings. The molecule has 134 valence electrons. The number of carbonyl (C=O) groups excluding carboxylic acids is 1. The average molecular weight is 384 g/mol. The summed E-state index contributed by atoms with van der Waals surface area (Å²) < 4.78 is 12.6. The summed E-state index contributed by atoms with van der Waals surface area (Å²) in [5.41, 5.74) is 0.642. The lowest BCUT2D eigenvalue weighted by Gasteiger charge is -2.21. The number of ether oxygens (including phenoxy) is 2. The first-order valence-electron chi connectivity index (χ1n) is 8.08. The molecule has 3 rings (SSSR count). The van der Waals surface area contributed by atoms with Crippen molar-refractivity contribution in [2.75, 3.05) is 25.1 Å². The van der Waals surface area contributed by atoms with Crippen molar-refractivity contribution in [1.29, 1.82) is 0 Å². The molecule has 1 saturated heterocycles.